The molecule has 0 aliphatic heterocycles. The Kier molecular flexibility index (Phi) is 4.75. The van der Waals surface area contributed by atoms with Crippen LogP contribution in [-0.2, 0) is 0 Å². The Morgan fingerprint density at radius 3 is 2.42 bits per heavy atom. The van der Waals surface area contributed by atoms with Gasteiger partial charge in [0.25, 0.3) is 0 Å². The summed E-state index contributed by atoms with van der Waals surface area (Å²) in [5.74, 6) is 1.37. The third-order valence-corrected chi connectivity index (χ3v) is 5.59. The van der Waals surface area contributed by atoms with Crippen LogP contribution in [0.25, 0.3) is 22.5 Å². The molecule has 0 spiro atoms. The van der Waals surface area contributed by atoms with Gasteiger partial charge in [-0.15, -0.1) is 0 Å². The first-order valence-corrected chi connectivity index (χ1v) is 10.4. The highest BCUT2D eigenvalue weighted by atomic mass is 15.2. The highest BCUT2D eigenvalue weighted by Gasteiger charge is 2.12. The summed E-state index contributed by atoms with van der Waals surface area (Å²) in [6, 6.07) is 22.9. The Morgan fingerprint density at radius 2 is 1.65 bits per heavy atom. The van der Waals surface area contributed by atoms with Crippen molar-refractivity contribution in [3.05, 3.63) is 96.2 Å². The second-order valence-electron chi connectivity index (χ2n) is 7.75. The van der Waals surface area contributed by atoms with Crippen LogP contribution in [0.15, 0.2) is 79.3 Å². The smallest absolute Gasteiger partial charge is 0.225 e. The molecule has 0 radical (unpaired) electrons. The van der Waals surface area contributed by atoms with E-state index in [0.717, 1.165) is 22.5 Å². The van der Waals surface area contributed by atoms with Gasteiger partial charge in [-0.3, -0.25) is 4.57 Å². The van der Waals surface area contributed by atoms with Crippen molar-refractivity contribution >= 4 is 17.0 Å². The molecule has 0 bridgehead atoms. The molecule has 1 unspecified atom stereocenters. The molecule has 31 heavy (non-hydrogen) atoms. The number of fused-ring (bicyclic) bond motifs is 1. The molecular weight excluding hydrogens is 384 g/mol. The first-order chi connectivity index (χ1) is 15.1. The van der Waals surface area contributed by atoms with Crippen LogP contribution in [-0.4, -0.2) is 24.1 Å². The molecule has 154 valence electrons. The van der Waals surface area contributed by atoms with Gasteiger partial charge in [0.1, 0.15) is 12.1 Å². The van der Waals surface area contributed by atoms with Gasteiger partial charge in [0, 0.05) is 23.3 Å². The Balaban J connectivity index is 1.47. The van der Waals surface area contributed by atoms with Gasteiger partial charge in [0.2, 0.25) is 5.95 Å². The zero-order valence-electron chi connectivity index (χ0n) is 17.8. The van der Waals surface area contributed by atoms with Crippen molar-refractivity contribution in [3.8, 4) is 11.5 Å². The molecule has 3 aromatic heterocycles. The van der Waals surface area contributed by atoms with Crippen LogP contribution in [0.1, 0.15) is 29.9 Å². The molecule has 1 N–H and O–H groups in total. The van der Waals surface area contributed by atoms with E-state index in [4.69, 9.17) is 4.98 Å². The molecule has 6 heteroatoms. The van der Waals surface area contributed by atoms with Gasteiger partial charge in [0.05, 0.1) is 17.1 Å². The number of benzene rings is 2. The molecule has 0 aliphatic carbocycles. The lowest BCUT2D eigenvalue weighted by Crippen LogP contribution is -2.10. The Hall–Kier alpha value is -3.93. The van der Waals surface area contributed by atoms with Crippen LogP contribution in [0, 0.1) is 13.8 Å². The van der Waals surface area contributed by atoms with E-state index < -0.39 is 0 Å². The van der Waals surface area contributed by atoms with Gasteiger partial charge in [0.15, 0.2) is 0 Å². The second kappa shape index (κ2) is 7.72. The normalized spacial score (nSPS) is 12.2. The molecule has 1 atom stereocenters. The van der Waals surface area contributed by atoms with E-state index in [9.17, 15) is 0 Å². The fourth-order valence-corrected chi connectivity index (χ4v) is 3.97. The summed E-state index contributed by atoms with van der Waals surface area (Å²) in [6.45, 7) is 6.33. The first-order valence-electron chi connectivity index (χ1n) is 10.4. The SMILES string of the molecule is Cc1ccc(C)n1-c1ccc2c(c1)ncn2-c1ccnc(NC(C)c2ccccc2)n1. The molecule has 2 aromatic carbocycles. The summed E-state index contributed by atoms with van der Waals surface area (Å²) in [7, 11) is 0. The molecule has 5 rings (SSSR count). The molecular formula is C25H24N6. The maximum atomic E-state index is 4.73. The van der Waals surface area contributed by atoms with E-state index >= 15 is 0 Å². The Morgan fingerprint density at radius 1 is 0.871 bits per heavy atom. The van der Waals surface area contributed by atoms with Gasteiger partial charge < -0.3 is 9.88 Å². The first kappa shape index (κ1) is 19.1. The monoisotopic (exact) mass is 408 g/mol. The average Bonchev–Trinajstić information content (AvgIpc) is 3.36. The maximum absolute atomic E-state index is 4.73. The van der Waals surface area contributed by atoms with E-state index in [1.54, 1.807) is 6.20 Å². The number of nitrogens with zero attached hydrogens (tertiary/aromatic N) is 5. The fraction of sp³-hybridized carbons (Fsp3) is 0.160. The van der Waals surface area contributed by atoms with Crippen molar-refractivity contribution in [2.45, 2.75) is 26.8 Å². The molecule has 5 aromatic rings. The highest BCUT2D eigenvalue weighted by molar-refractivity contribution is 5.79. The zero-order chi connectivity index (χ0) is 21.4. The van der Waals surface area contributed by atoms with Crippen molar-refractivity contribution in [2.75, 3.05) is 5.32 Å². The van der Waals surface area contributed by atoms with E-state index in [1.165, 1.54) is 17.0 Å². The lowest BCUT2D eigenvalue weighted by atomic mass is 10.1. The number of hydrogen-bond donors (Lipinski definition) is 1. The summed E-state index contributed by atoms with van der Waals surface area (Å²) in [4.78, 5) is 13.8. The largest absolute Gasteiger partial charge is 0.348 e. The second-order valence-corrected chi connectivity index (χ2v) is 7.75. The lowest BCUT2D eigenvalue weighted by molar-refractivity contribution is 0.854. The van der Waals surface area contributed by atoms with E-state index in [2.05, 4.69) is 83.1 Å². The molecule has 0 saturated carbocycles. The minimum Gasteiger partial charge on any atom is -0.348 e. The van der Waals surface area contributed by atoms with Crippen LogP contribution in [0.5, 0.6) is 0 Å². The van der Waals surface area contributed by atoms with Crippen molar-refractivity contribution in [3.63, 3.8) is 0 Å². The van der Waals surface area contributed by atoms with Crippen molar-refractivity contribution < 1.29 is 0 Å². The van der Waals surface area contributed by atoms with E-state index in [-0.39, 0.29) is 6.04 Å². The van der Waals surface area contributed by atoms with Crippen LogP contribution in [0.4, 0.5) is 5.95 Å². The third kappa shape index (κ3) is 3.57. The number of aryl methyl sites for hydroxylation is 2. The number of anilines is 1. The van der Waals surface area contributed by atoms with Gasteiger partial charge in [-0.25, -0.2) is 9.97 Å². The number of aromatic nitrogens is 5. The number of hydrogen-bond acceptors (Lipinski definition) is 4. The number of nitrogens with one attached hydrogen (secondary N) is 1. The standard InChI is InChI=1S/C25H24N6/c1-17-9-10-18(2)31(17)21-11-12-23-22(15-21)27-16-30(23)24-13-14-26-25(29-24)28-19(3)20-7-5-4-6-8-20/h4-16,19H,1-3H3,(H,26,28,29). The zero-order valence-corrected chi connectivity index (χ0v) is 17.8. The van der Waals surface area contributed by atoms with Crippen molar-refractivity contribution in [2.24, 2.45) is 0 Å². The topological polar surface area (TPSA) is 60.6 Å². The summed E-state index contributed by atoms with van der Waals surface area (Å²) >= 11 is 0. The molecule has 0 aliphatic rings. The van der Waals surface area contributed by atoms with Crippen molar-refractivity contribution in [1.82, 2.24) is 24.1 Å². The van der Waals surface area contributed by atoms with Gasteiger partial charge in [-0.2, -0.15) is 4.98 Å². The quantitative estimate of drug-likeness (QED) is 0.423. The van der Waals surface area contributed by atoms with E-state index in [1.807, 2.05) is 35.2 Å². The van der Waals surface area contributed by atoms with Crippen molar-refractivity contribution in [1.29, 1.82) is 0 Å². The van der Waals surface area contributed by atoms with Gasteiger partial charge in [-0.05, 0) is 62.7 Å². The summed E-state index contributed by atoms with van der Waals surface area (Å²) in [5, 5.41) is 3.39. The van der Waals surface area contributed by atoms with Crippen LogP contribution >= 0.6 is 0 Å². The lowest BCUT2D eigenvalue weighted by Gasteiger charge is -2.14. The minimum atomic E-state index is 0.103. The third-order valence-electron chi connectivity index (χ3n) is 5.59. The Labute approximate surface area is 181 Å². The number of rotatable bonds is 5. The predicted octanol–water partition coefficient (Wildman–Crippen LogP) is 5.40. The fourth-order valence-electron chi connectivity index (χ4n) is 3.97. The summed E-state index contributed by atoms with van der Waals surface area (Å²) in [5.41, 5.74) is 6.64. The van der Waals surface area contributed by atoms with Crippen LogP contribution in [0.2, 0.25) is 0 Å². The number of imidazole rings is 1. The maximum Gasteiger partial charge on any atom is 0.225 e. The van der Waals surface area contributed by atoms with Gasteiger partial charge in [-0.1, -0.05) is 30.3 Å². The highest BCUT2D eigenvalue weighted by Crippen LogP contribution is 2.24. The minimum absolute atomic E-state index is 0.103. The molecule has 6 nitrogen and oxygen atoms in total. The summed E-state index contributed by atoms with van der Waals surface area (Å²) in [6.07, 6.45) is 3.59. The molecule has 3 heterocycles. The molecule has 0 saturated heterocycles. The Bertz CT molecular complexity index is 1330. The summed E-state index contributed by atoms with van der Waals surface area (Å²) < 4.78 is 4.23. The molecule has 0 amide bonds. The van der Waals surface area contributed by atoms with Gasteiger partial charge >= 0.3 is 0 Å². The van der Waals surface area contributed by atoms with Crippen LogP contribution in [0.3, 0.4) is 0 Å². The predicted molar refractivity (Wildman–Crippen MR) is 124 cm³/mol. The van der Waals surface area contributed by atoms with Crippen LogP contribution < -0.4 is 5.32 Å². The van der Waals surface area contributed by atoms with E-state index in [0.29, 0.717) is 5.95 Å². The average molecular weight is 409 g/mol. The molecule has 0 fully saturated rings.